The third kappa shape index (κ3) is 9.14. The van der Waals surface area contributed by atoms with Gasteiger partial charge < -0.3 is 20.7 Å². The number of amides is 1. The van der Waals surface area contributed by atoms with Crippen molar-refractivity contribution in [1.29, 1.82) is 0 Å². The number of thiazole rings is 1. The number of halogens is 1. The van der Waals surface area contributed by atoms with Crippen molar-refractivity contribution in [2.45, 2.75) is 58.4 Å². The van der Waals surface area contributed by atoms with Gasteiger partial charge in [0.25, 0.3) is 0 Å². The summed E-state index contributed by atoms with van der Waals surface area (Å²) in [6.45, 7) is 8.25. The number of fused-ring (bicyclic) bond motifs is 1. The lowest BCUT2D eigenvalue weighted by Crippen LogP contribution is -2.42. The van der Waals surface area contributed by atoms with Crippen LogP contribution in [0.25, 0.3) is 10.2 Å². The summed E-state index contributed by atoms with van der Waals surface area (Å²) in [5.41, 5.74) is 2.73. The molecule has 0 saturated carbocycles. The molecular weight excluding hydrogens is 508 g/mol. The Kier molecular flexibility index (Phi) is 11.9. The number of phenols is 1. The molecule has 9 heteroatoms. The van der Waals surface area contributed by atoms with E-state index in [1.54, 1.807) is 6.07 Å². The maximum absolute atomic E-state index is 12.5. The highest BCUT2D eigenvalue weighted by atomic mass is 35.5. The fourth-order valence-corrected chi connectivity index (χ4v) is 5.65. The zero-order valence-corrected chi connectivity index (χ0v) is 23.4. The number of rotatable bonds is 16. The first-order valence-electron chi connectivity index (χ1n) is 13.2. The molecule has 0 saturated heterocycles. The molecule has 1 aromatic heterocycles. The number of aromatic hydroxyl groups is 1. The molecule has 4 N–H and O–H groups in total. The molecule has 37 heavy (non-hydrogen) atoms. The molecule has 2 aromatic carbocycles. The summed E-state index contributed by atoms with van der Waals surface area (Å²) in [6.07, 6.45) is 5.34. The Labute approximate surface area is 228 Å². The van der Waals surface area contributed by atoms with Gasteiger partial charge in [-0.2, -0.15) is 0 Å². The second kappa shape index (κ2) is 15.1. The number of benzene rings is 2. The molecule has 1 amide bonds. The maximum Gasteiger partial charge on any atom is 0.305 e. The van der Waals surface area contributed by atoms with E-state index in [9.17, 15) is 14.7 Å². The average Bonchev–Trinajstić information content (AvgIpc) is 3.29. The fourth-order valence-electron chi connectivity index (χ4n) is 4.63. The van der Waals surface area contributed by atoms with Crippen molar-refractivity contribution in [2.24, 2.45) is 0 Å². The SMILES string of the molecule is CCCC(CC)N(CCNCCc1ccc(O)c2[nH]c(=O)sc12)CCC(=O)NCCc1ccc(Cl)cc1. The van der Waals surface area contributed by atoms with E-state index in [0.717, 1.165) is 90.5 Å². The molecule has 0 radical (unpaired) electrons. The van der Waals surface area contributed by atoms with E-state index in [2.05, 4.69) is 34.4 Å². The van der Waals surface area contributed by atoms with E-state index in [1.807, 2.05) is 30.3 Å². The van der Waals surface area contributed by atoms with Crippen molar-refractivity contribution in [3.05, 3.63) is 62.2 Å². The number of carbonyl (C=O) groups is 1. The minimum atomic E-state index is -0.156. The predicted octanol–water partition coefficient (Wildman–Crippen LogP) is 4.71. The summed E-state index contributed by atoms with van der Waals surface area (Å²) in [6, 6.07) is 11.7. The van der Waals surface area contributed by atoms with Crippen molar-refractivity contribution in [3.8, 4) is 5.75 Å². The van der Waals surface area contributed by atoms with E-state index in [0.29, 0.717) is 24.5 Å². The fraction of sp³-hybridized carbons (Fsp3) is 0.500. The molecule has 3 aromatic rings. The molecule has 202 valence electrons. The minimum Gasteiger partial charge on any atom is -0.506 e. The van der Waals surface area contributed by atoms with Gasteiger partial charge in [0.15, 0.2) is 0 Å². The van der Waals surface area contributed by atoms with Crippen molar-refractivity contribution >= 4 is 39.1 Å². The van der Waals surface area contributed by atoms with Gasteiger partial charge in [0.2, 0.25) is 5.91 Å². The Hall–Kier alpha value is -2.39. The van der Waals surface area contributed by atoms with Gasteiger partial charge in [0.1, 0.15) is 11.3 Å². The van der Waals surface area contributed by atoms with Crippen molar-refractivity contribution in [2.75, 3.05) is 32.7 Å². The Bertz CT molecular complexity index is 1180. The molecule has 0 aliphatic carbocycles. The van der Waals surface area contributed by atoms with E-state index in [4.69, 9.17) is 11.6 Å². The first-order chi connectivity index (χ1) is 17.9. The van der Waals surface area contributed by atoms with Crippen LogP contribution in [0.2, 0.25) is 5.02 Å². The highest BCUT2D eigenvalue weighted by Crippen LogP contribution is 2.27. The molecule has 3 rings (SSSR count). The van der Waals surface area contributed by atoms with Crippen LogP contribution in [0.1, 0.15) is 50.7 Å². The van der Waals surface area contributed by atoms with Crippen molar-refractivity contribution in [1.82, 2.24) is 20.5 Å². The minimum absolute atomic E-state index is 0.0834. The van der Waals surface area contributed by atoms with E-state index < -0.39 is 0 Å². The van der Waals surface area contributed by atoms with Crippen LogP contribution < -0.4 is 15.5 Å². The van der Waals surface area contributed by atoms with Crippen LogP contribution >= 0.6 is 22.9 Å². The van der Waals surface area contributed by atoms with Gasteiger partial charge >= 0.3 is 4.87 Å². The summed E-state index contributed by atoms with van der Waals surface area (Å²) < 4.78 is 0.824. The lowest BCUT2D eigenvalue weighted by Gasteiger charge is -2.31. The molecule has 1 atom stereocenters. The highest BCUT2D eigenvalue weighted by Gasteiger charge is 2.17. The summed E-state index contributed by atoms with van der Waals surface area (Å²) >= 11 is 7.07. The van der Waals surface area contributed by atoms with Crippen LogP contribution in [-0.4, -0.2) is 59.7 Å². The molecule has 0 bridgehead atoms. The third-order valence-electron chi connectivity index (χ3n) is 6.67. The van der Waals surface area contributed by atoms with Crippen LogP contribution in [0.15, 0.2) is 41.2 Å². The Morgan fingerprint density at radius 2 is 1.86 bits per heavy atom. The molecule has 1 unspecified atom stereocenters. The van der Waals surface area contributed by atoms with Gasteiger partial charge in [0, 0.05) is 43.7 Å². The Balaban J connectivity index is 1.43. The summed E-state index contributed by atoms with van der Waals surface area (Å²) in [5, 5.41) is 17.3. The molecule has 7 nitrogen and oxygen atoms in total. The zero-order chi connectivity index (χ0) is 26.6. The van der Waals surface area contributed by atoms with E-state index in [-0.39, 0.29) is 16.5 Å². The first kappa shape index (κ1) is 29.2. The van der Waals surface area contributed by atoms with E-state index in [1.165, 1.54) is 0 Å². The van der Waals surface area contributed by atoms with Gasteiger partial charge in [-0.15, -0.1) is 0 Å². The quantitative estimate of drug-likeness (QED) is 0.195. The third-order valence-corrected chi connectivity index (χ3v) is 7.88. The predicted molar refractivity (Wildman–Crippen MR) is 154 cm³/mol. The van der Waals surface area contributed by atoms with Crippen LogP contribution in [0.4, 0.5) is 0 Å². The number of hydrogen-bond acceptors (Lipinski definition) is 6. The molecule has 0 spiro atoms. The molecule has 0 fully saturated rings. The number of phenolic OH excluding ortho intramolecular Hbond substituents is 1. The Morgan fingerprint density at radius 3 is 2.59 bits per heavy atom. The van der Waals surface area contributed by atoms with Gasteiger partial charge in [-0.25, -0.2) is 0 Å². The van der Waals surface area contributed by atoms with Crippen LogP contribution in [0.3, 0.4) is 0 Å². The topological polar surface area (TPSA) is 97.5 Å². The lowest BCUT2D eigenvalue weighted by atomic mass is 10.1. The zero-order valence-electron chi connectivity index (χ0n) is 21.8. The lowest BCUT2D eigenvalue weighted by molar-refractivity contribution is -0.121. The molecular formula is C28H39ClN4O3S. The number of carbonyl (C=O) groups excluding carboxylic acids is 1. The van der Waals surface area contributed by atoms with Gasteiger partial charge in [-0.1, -0.05) is 61.4 Å². The second-order valence-electron chi connectivity index (χ2n) is 9.33. The number of aromatic amines is 1. The number of nitrogens with zero attached hydrogens (tertiary/aromatic N) is 1. The standard InChI is InChI=1S/C28H39ClN4O3S/c1-3-5-23(4-2)33(18-14-25(35)31-16-12-20-6-9-22(29)10-7-20)19-17-30-15-13-21-8-11-24(34)26-27(21)37-28(36)32-26/h6-11,23,30,34H,3-5,12-19H2,1-2H3,(H,31,35)(H,32,36). The van der Waals surface area contributed by atoms with Gasteiger partial charge in [-0.05, 0) is 61.6 Å². The Morgan fingerprint density at radius 1 is 1.08 bits per heavy atom. The summed E-state index contributed by atoms with van der Waals surface area (Å²) in [5.74, 6) is 0.191. The highest BCUT2D eigenvalue weighted by molar-refractivity contribution is 7.16. The molecule has 0 aliphatic rings. The number of H-pyrrole nitrogens is 1. The normalized spacial score (nSPS) is 12.3. The van der Waals surface area contributed by atoms with Crippen molar-refractivity contribution < 1.29 is 9.90 Å². The van der Waals surface area contributed by atoms with Gasteiger partial charge in [0.05, 0.1) is 4.70 Å². The summed E-state index contributed by atoms with van der Waals surface area (Å²) in [4.78, 5) is 29.2. The number of aromatic nitrogens is 1. The molecule has 0 aliphatic heterocycles. The first-order valence-corrected chi connectivity index (χ1v) is 14.4. The monoisotopic (exact) mass is 546 g/mol. The molecule has 1 heterocycles. The summed E-state index contributed by atoms with van der Waals surface area (Å²) in [7, 11) is 0. The average molecular weight is 547 g/mol. The number of hydrogen-bond donors (Lipinski definition) is 4. The maximum atomic E-state index is 12.5. The van der Waals surface area contributed by atoms with Crippen LogP contribution in [0.5, 0.6) is 5.75 Å². The smallest absolute Gasteiger partial charge is 0.305 e. The number of nitrogens with one attached hydrogen (secondary N) is 3. The van der Waals surface area contributed by atoms with Crippen molar-refractivity contribution in [3.63, 3.8) is 0 Å². The largest absolute Gasteiger partial charge is 0.506 e. The van der Waals surface area contributed by atoms with Gasteiger partial charge in [-0.3, -0.25) is 14.5 Å². The van der Waals surface area contributed by atoms with Crippen LogP contribution in [0, 0.1) is 0 Å². The second-order valence-corrected chi connectivity index (χ2v) is 10.7. The van der Waals surface area contributed by atoms with Crippen LogP contribution in [-0.2, 0) is 17.6 Å². The van der Waals surface area contributed by atoms with E-state index >= 15 is 0 Å².